The van der Waals surface area contributed by atoms with Gasteiger partial charge in [-0.2, -0.15) is 0 Å². The number of likely N-dealkylation sites (tertiary alicyclic amines) is 1. The Hall–Kier alpha value is -1.63. The second-order valence-corrected chi connectivity index (χ2v) is 4.16. The molecule has 1 saturated heterocycles. The maximum absolute atomic E-state index is 11.8. The van der Waals surface area contributed by atoms with Crippen LogP contribution in [0, 0.1) is 0 Å². The van der Waals surface area contributed by atoms with Crippen LogP contribution in [0.15, 0.2) is 0 Å². The van der Waals surface area contributed by atoms with E-state index in [1.807, 2.05) is 0 Å². The van der Waals surface area contributed by atoms with Crippen molar-refractivity contribution < 1.29 is 24.6 Å². The first-order valence-corrected chi connectivity index (χ1v) is 5.25. The van der Waals surface area contributed by atoms with Gasteiger partial charge in [-0.3, -0.25) is 9.59 Å². The number of likely N-dealkylation sites (N-methyl/N-ethyl adjacent to an activating group) is 1. The van der Waals surface area contributed by atoms with Gasteiger partial charge >= 0.3 is 5.97 Å². The molecule has 96 valence electrons. The lowest BCUT2D eigenvalue weighted by Gasteiger charge is -2.24. The number of aliphatic hydroxyl groups is 1. The number of carboxylic acid groups (broad SMARTS) is 1. The van der Waals surface area contributed by atoms with Crippen LogP contribution in [0.2, 0.25) is 0 Å². The van der Waals surface area contributed by atoms with Crippen LogP contribution in [0.5, 0.6) is 0 Å². The number of β-amino-alcohol motifs (C(OH)–C–C–N with tert-alkyl or cyclic N) is 1. The molecule has 1 aliphatic heterocycles. The molecule has 0 aromatic rings. The zero-order valence-corrected chi connectivity index (χ0v) is 9.79. The number of carboxylic acids is 1. The van der Waals surface area contributed by atoms with Gasteiger partial charge in [-0.25, -0.2) is 4.79 Å². The van der Waals surface area contributed by atoms with E-state index in [2.05, 4.69) is 0 Å². The fourth-order valence-corrected chi connectivity index (χ4v) is 1.73. The minimum Gasteiger partial charge on any atom is -0.480 e. The zero-order chi connectivity index (χ0) is 13.2. The number of hydrogen-bond acceptors (Lipinski definition) is 4. The van der Waals surface area contributed by atoms with E-state index >= 15 is 0 Å². The van der Waals surface area contributed by atoms with E-state index in [9.17, 15) is 19.5 Å². The van der Waals surface area contributed by atoms with E-state index in [-0.39, 0.29) is 25.4 Å². The predicted octanol–water partition coefficient (Wildman–Crippen LogP) is -1.49. The number of rotatable bonds is 3. The monoisotopic (exact) mass is 244 g/mol. The van der Waals surface area contributed by atoms with Crippen molar-refractivity contribution in [3.05, 3.63) is 0 Å². The normalized spacial score (nSPS) is 23.6. The standard InChI is InChI=1S/C10H16N2O5/c1-6(13)11(2)5-9(15)12-4-7(14)3-8(12)10(16)17/h7-8,14H,3-5H2,1-2H3,(H,16,17)/t7?,8-/m0/s1. The first-order chi connectivity index (χ1) is 7.82. The average molecular weight is 244 g/mol. The Morgan fingerprint density at radius 2 is 2.00 bits per heavy atom. The van der Waals surface area contributed by atoms with Crippen LogP contribution < -0.4 is 0 Å². The van der Waals surface area contributed by atoms with Gasteiger partial charge in [0.05, 0.1) is 12.6 Å². The smallest absolute Gasteiger partial charge is 0.326 e. The van der Waals surface area contributed by atoms with Gasteiger partial charge < -0.3 is 20.0 Å². The molecule has 0 aromatic heterocycles. The minimum atomic E-state index is -1.14. The highest BCUT2D eigenvalue weighted by molar-refractivity contribution is 5.88. The number of aliphatic carboxylic acids is 1. The van der Waals surface area contributed by atoms with Crippen LogP contribution >= 0.6 is 0 Å². The predicted molar refractivity (Wildman–Crippen MR) is 57.1 cm³/mol. The van der Waals surface area contributed by atoms with Crippen molar-refractivity contribution in [3.8, 4) is 0 Å². The third-order valence-corrected chi connectivity index (χ3v) is 2.79. The zero-order valence-electron chi connectivity index (χ0n) is 9.79. The average Bonchev–Trinajstić information content (AvgIpc) is 2.60. The molecule has 1 heterocycles. The maximum atomic E-state index is 11.8. The van der Waals surface area contributed by atoms with E-state index in [4.69, 9.17) is 5.11 Å². The second kappa shape index (κ2) is 5.13. The lowest BCUT2D eigenvalue weighted by molar-refractivity contribution is -0.149. The number of aliphatic hydroxyl groups excluding tert-OH is 1. The highest BCUT2D eigenvalue weighted by Gasteiger charge is 2.39. The number of carbonyl (C=O) groups is 3. The van der Waals surface area contributed by atoms with Gasteiger partial charge in [-0.1, -0.05) is 0 Å². The summed E-state index contributed by atoms with van der Waals surface area (Å²) in [6.45, 7) is 1.15. The number of hydrogen-bond donors (Lipinski definition) is 2. The lowest BCUT2D eigenvalue weighted by atomic mass is 10.2. The first-order valence-electron chi connectivity index (χ1n) is 5.25. The molecule has 1 rings (SSSR count). The largest absolute Gasteiger partial charge is 0.480 e. The van der Waals surface area contributed by atoms with Gasteiger partial charge in [0.25, 0.3) is 0 Å². The number of amides is 2. The van der Waals surface area contributed by atoms with Gasteiger partial charge in [0.1, 0.15) is 6.04 Å². The van der Waals surface area contributed by atoms with Crippen molar-refractivity contribution in [2.24, 2.45) is 0 Å². The Balaban J connectivity index is 2.67. The Kier molecular flexibility index (Phi) is 4.06. The quantitative estimate of drug-likeness (QED) is 0.630. The Morgan fingerprint density at radius 3 is 2.47 bits per heavy atom. The molecule has 0 aromatic carbocycles. The Morgan fingerprint density at radius 1 is 1.41 bits per heavy atom. The molecule has 7 heteroatoms. The molecule has 7 nitrogen and oxygen atoms in total. The van der Waals surface area contributed by atoms with Gasteiger partial charge in [0.15, 0.2) is 0 Å². The maximum Gasteiger partial charge on any atom is 0.326 e. The van der Waals surface area contributed by atoms with E-state index < -0.39 is 24.0 Å². The highest BCUT2D eigenvalue weighted by Crippen LogP contribution is 2.18. The number of nitrogens with zero attached hydrogens (tertiary/aromatic N) is 2. The van der Waals surface area contributed by atoms with Gasteiger partial charge in [0.2, 0.25) is 11.8 Å². The Labute approximate surface area is 98.6 Å². The second-order valence-electron chi connectivity index (χ2n) is 4.16. The minimum absolute atomic E-state index is 0.00153. The third kappa shape index (κ3) is 3.16. The van der Waals surface area contributed by atoms with E-state index in [0.717, 1.165) is 4.90 Å². The van der Waals surface area contributed by atoms with Crippen LogP contribution in [-0.4, -0.2) is 70.1 Å². The van der Waals surface area contributed by atoms with Crippen LogP contribution in [-0.2, 0) is 14.4 Å². The summed E-state index contributed by atoms with van der Waals surface area (Å²) in [5.74, 6) is -1.88. The summed E-state index contributed by atoms with van der Waals surface area (Å²) in [4.78, 5) is 35.9. The molecular formula is C10H16N2O5. The highest BCUT2D eigenvalue weighted by atomic mass is 16.4. The van der Waals surface area contributed by atoms with Crippen molar-refractivity contribution in [1.29, 1.82) is 0 Å². The van der Waals surface area contributed by atoms with E-state index in [0.29, 0.717) is 0 Å². The van der Waals surface area contributed by atoms with Crippen molar-refractivity contribution >= 4 is 17.8 Å². The van der Waals surface area contributed by atoms with Gasteiger partial charge in [-0.05, 0) is 0 Å². The number of carbonyl (C=O) groups excluding carboxylic acids is 2. The van der Waals surface area contributed by atoms with Crippen LogP contribution in [0.4, 0.5) is 0 Å². The Bertz CT molecular complexity index is 344. The van der Waals surface area contributed by atoms with Gasteiger partial charge in [0, 0.05) is 26.9 Å². The molecule has 1 aliphatic rings. The van der Waals surface area contributed by atoms with E-state index in [1.54, 1.807) is 0 Å². The summed E-state index contributed by atoms with van der Waals surface area (Å²) in [6.07, 6.45) is -0.784. The molecule has 0 spiro atoms. The van der Waals surface area contributed by atoms with Crippen molar-refractivity contribution in [2.45, 2.75) is 25.5 Å². The fraction of sp³-hybridized carbons (Fsp3) is 0.700. The molecule has 2 atom stereocenters. The molecule has 0 bridgehead atoms. The molecule has 1 fully saturated rings. The molecule has 2 amide bonds. The summed E-state index contributed by atoms with van der Waals surface area (Å²) in [5.41, 5.74) is 0. The first kappa shape index (κ1) is 13.4. The summed E-state index contributed by atoms with van der Waals surface area (Å²) in [6, 6.07) is -1.00. The molecule has 17 heavy (non-hydrogen) atoms. The lowest BCUT2D eigenvalue weighted by Crippen LogP contribution is -2.45. The van der Waals surface area contributed by atoms with E-state index in [1.165, 1.54) is 18.9 Å². The van der Waals surface area contributed by atoms with Crippen molar-refractivity contribution in [2.75, 3.05) is 20.1 Å². The van der Waals surface area contributed by atoms with Crippen molar-refractivity contribution in [3.63, 3.8) is 0 Å². The van der Waals surface area contributed by atoms with Crippen molar-refractivity contribution in [1.82, 2.24) is 9.80 Å². The third-order valence-electron chi connectivity index (χ3n) is 2.79. The van der Waals surface area contributed by atoms with Crippen LogP contribution in [0.3, 0.4) is 0 Å². The molecule has 0 saturated carbocycles. The van der Waals surface area contributed by atoms with Crippen LogP contribution in [0.1, 0.15) is 13.3 Å². The van der Waals surface area contributed by atoms with Gasteiger partial charge in [-0.15, -0.1) is 0 Å². The summed E-state index contributed by atoms with van der Waals surface area (Å²) < 4.78 is 0. The molecule has 2 N–H and O–H groups in total. The fourth-order valence-electron chi connectivity index (χ4n) is 1.73. The summed E-state index contributed by atoms with van der Waals surface area (Å²) in [7, 11) is 1.46. The summed E-state index contributed by atoms with van der Waals surface area (Å²) >= 11 is 0. The molecule has 0 aliphatic carbocycles. The van der Waals surface area contributed by atoms with Crippen LogP contribution in [0.25, 0.3) is 0 Å². The summed E-state index contributed by atoms with van der Waals surface area (Å²) in [5, 5.41) is 18.3. The topological polar surface area (TPSA) is 98.2 Å². The molecule has 0 radical (unpaired) electrons. The molecular weight excluding hydrogens is 228 g/mol. The molecule has 1 unspecified atom stereocenters. The SMILES string of the molecule is CC(=O)N(C)CC(=O)N1CC(O)C[C@H]1C(=O)O.